The highest BCUT2D eigenvalue weighted by Crippen LogP contribution is 2.41. The molecule has 0 saturated heterocycles. The number of hydrogen-bond acceptors (Lipinski definition) is 2. The van der Waals surface area contributed by atoms with Crippen molar-refractivity contribution >= 4 is 5.91 Å². The molecule has 0 radical (unpaired) electrons. The van der Waals surface area contributed by atoms with Crippen molar-refractivity contribution in [1.29, 1.82) is 0 Å². The minimum atomic E-state index is -0.282. The van der Waals surface area contributed by atoms with Crippen molar-refractivity contribution in [2.45, 2.75) is 33.1 Å². The van der Waals surface area contributed by atoms with E-state index in [0.29, 0.717) is 6.42 Å². The Kier molecular flexibility index (Phi) is 4.16. The summed E-state index contributed by atoms with van der Waals surface area (Å²) >= 11 is 0. The fourth-order valence-corrected chi connectivity index (χ4v) is 2.04. The highest BCUT2D eigenvalue weighted by Gasteiger charge is 2.29. The predicted molar refractivity (Wildman–Crippen MR) is 69.0 cm³/mol. The second kappa shape index (κ2) is 5.21. The Morgan fingerprint density at radius 2 is 1.94 bits per heavy atom. The molecule has 0 aromatic heterocycles. The zero-order valence-electron chi connectivity index (χ0n) is 11.0. The molecule has 0 fully saturated rings. The summed E-state index contributed by atoms with van der Waals surface area (Å²) in [7, 11) is 1.64. The molecule has 0 bridgehead atoms. The Morgan fingerprint density at radius 3 is 2.41 bits per heavy atom. The fourth-order valence-electron chi connectivity index (χ4n) is 2.04. The fraction of sp³-hybridized carbons (Fsp3) is 0.500. The van der Waals surface area contributed by atoms with Crippen LogP contribution in [0.15, 0.2) is 24.3 Å². The predicted octanol–water partition coefficient (Wildman–Crippen LogP) is 2.70. The Balaban J connectivity index is 3.17. The van der Waals surface area contributed by atoms with Gasteiger partial charge < -0.3 is 10.5 Å². The summed E-state index contributed by atoms with van der Waals surface area (Å²) in [6.45, 7) is 6.31. The molecule has 3 nitrogen and oxygen atoms in total. The standard InChI is InChI=1S/C14H21NO2/c1-14(2,3)11(9-13(15)16)10-7-5-6-8-12(10)17-4/h5-8,11H,9H2,1-4H3,(H2,15,16). The van der Waals surface area contributed by atoms with E-state index in [1.54, 1.807) is 7.11 Å². The lowest BCUT2D eigenvalue weighted by Gasteiger charge is -2.31. The average Bonchev–Trinajstić information content (AvgIpc) is 2.24. The number of nitrogens with two attached hydrogens (primary N) is 1. The first kappa shape index (κ1) is 13.6. The van der Waals surface area contributed by atoms with Gasteiger partial charge in [0.2, 0.25) is 5.91 Å². The number of methoxy groups -OCH3 is 1. The molecule has 17 heavy (non-hydrogen) atoms. The average molecular weight is 235 g/mol. The topological polar surface area (TPSA) is 52.3 Å². The molecule has 0 aliphatic rings. The summed E-state index contributed by atoms with van der Waals surface area (Å²) in [5.41, 5.74) is 6.34. The SMILES string of the molecule is COc1ccccc1C(CC(N)=O)C(C)(C)C. The maximum atomic E-state index is 11.2. The number of ether oxygens (including phenoxy) is 1. The van der Waals surface area contributed by atoms with Crippen molar-refractivity contribution in [2.24, 2.45) is 11.1 Å². The molecule has 94 valence electrons. The first-order chi connectivity index (χ1) is 7.86. The number of rotatable bonds is 4. The van der Waals surface area contributed by atoms with Crippen LogP contribution in [0.4, 0.5) is 0 Å². The van der Waals surface area contributed by atoms with Crippen LogP contribution in [0.3, 0.4) is 0 Å². The van der Waals surface area contributed by atoms with Crippen molar-refractivity contribution in [3.8, 4) is 5.75 Å². The Bertz CT molecular complexity index is 393. The molecular formula is C14H21NO2. The van der Waals surface area contributed by atoms with Gasteiger partial charge in [0, 0.05) is 12.3 Å². The molecule has 0 aliphatic heterocycles. The maximum absolute atomic E-state index is 11.2. The van der Waals surface area contributed by atoms with Crippen molar-refractivity contribution < 1.29 is 9.53 Å². The number of carbonyl (C=O) groups is 1. The van der Waals surface area contributed by atoms with Gasteiger partial charge in [0.05, 0.1) is 7.11 Å². The van der Waals surface area contributed by atoms with Gasteiger partial charge in [0.25, 0.3) is 0 Å². The van der Waals surface area contributed by atoms with Crippen LogP contribution < -0.4 is 10.5 Å². The number of primary amides is 1. The number of carbonyl (C=O) groups excluding carboxylic acids is 1. The summed E-state index contributed by atoms with van der Waals surface area (Å²) in [5.74, 6) is 0.598. The molecule has 1 aromatic carbocycles. The molecule has 1 rings (SSSR count). The van der Waals surface area contributed by atoms with Crippen molar-refractivity contribution in [2.75, 3.05) is 7.11 Å². The lowest BCUT2D eigenvalue weighted by molar-refractivity contribution is -0.118. The van der Waals surface area contributed by atoms with Crippen molar-refractivity contribution in [1.82, 2.24) is 0 Å². The van der Waals surface area contributed by atoms with E-state index in [1.807, 2.05) is 24.3 Å². The number of hydrogen-bond donors (Lipinski definition) is 1. The Hall–Kier alpha value is -1.51. The molecule has 0 spiro atoms. The second-order valence-electron chi connectivity index (χ2n) is 5.33. The smallest absolute Gasteiger partial charge is 0.218 e. The molecule has 2 N–H and O–H groups in total. The van der Waals surface area contributed by atoms with Crippen LogP contribution in [0.25, 0.3) is 0 Å². The zero-order chi connectivity index (χ0) is 13.1. The summed E-state index contributed by atoms with van der Waals surface area (Å²) in [6, 6.07) is 7.79. The van der Waals surface area contributed by atoms with E-state index in [4.69, 9.17) is 10.5 Å². The van der Waals surface area contributed by atoms with E-state index in [2.05, 4.69) is 20.8 Å². The summed E-state index contributed by atoms with van der Waals surface area (Å²) in [5, 5.41) is 0. The number of benzene rings is 1. The lowest BCUT2D eigenvalue weighted by Crippen LogP contribution is -2.25. The minimum Gasteiger partial charge on any atom is -0.496 e. The highest BCUT2D eigenvalue weighted by molar-refractivity contribution is 5.75. The second-order valence-corrected chi connectivity index (χ2v) is 5.33. The van der Waals surface area contributed by atoms with Crippen molar-refractivity contribution in [3.63, 3.8) is 0 Å². The van der Waals surface area contributed by atoms with E-state index < -0.39 is 0 Å². The molecule has 1 atom stereocenters. The van der Waals surface area contributed by atoms with E-state index >= 15 is 0 Å². The normalized spacial score (nSPS) is 13.2. The van der Waals surface area contributed by atoms with Gasteiger partial charge in [-0.2, -0.15) is 0 Å². The molecule has 0 heterocycles. The lowest BCUT2D eigenvalue weighted by atomic mass is 9.74. The summed E-state index contributed by atoms with van der Waals surface area (Å²) < 4.78 is 5.35. The molecule has 0 saturated carbocycles. The molecule has 3 heteroatoms. The number of para-hydroxylation sites is 1. The van der Waals surface area contributed by atoms with E-state index in [-0.39, 0.29) is 17.2 Å². The van der Waals surface area contributed by atoms with E-state index in [9.17, 15) is 4.79 Å². The van der Waals surface area contributed by atoms with E-state index in [0.717, 1.165) is 11.3 Å². The van der Waals surface area contributed by atoms with Gasteiger partial charge in [-0.3, -0.25) is 4.79 Å². The third-order valence-electron chi connectivity index (χ3n) is 2.97. The van der Waals surface area contributed by atoms with Gasteiger partial charge in [0.15, 0.2) is 0 Å². The highest BCUT2D eigenvalue weighted by atomic mass is 16.5. The van der Waals surface area contributed by atoms with Crippen LogP contribution in [0.1, 0.15) is 38.7 Å². The van der Waals surface area contributed by atoms with Gasteiger partial charge in [-0.25, -0.2) is 0 Å². The van der Waals surface area contributed by atoms with Crippen LogP contribution in [-0.2, 0) is 4.79 Å². The first-order valence-electron chi connectivity index (χ1n) is 5.77. The van der Waals surface area contributed by atoms with Crippen molar-refractivity contribution in [3.05, 3.63) is 29.8 Å². The zero-order valence-corrected chi connectivity index (χ0v) is 11.0. The quantitative estimate of drug-likeness (QED) is 0.872. The molecular weight excluding hydrogens is 214 g/mol. The third kappa shape index (κ3) is 3.48. The first-order valence-corrected chi connectivity index (χ1v) is 5.77. The van der Waals surface area contributed by atoms with Crippen LogP contribution in [0, 0.1) is 5.41 Å². The van der Waals surface area contributed by atoms with Crippen LogP contribution in [0.5, 0.6) is 5.75 Å². The van der Waals surface area contributed by atoms with Gasteiger partial charge in [-0.05, 0) is 17.0 Å². The number of amides is 1. The van der Waals surface area contributed by atoms with Crippen LogP contribution in [0.2, 0.25) is 0 Å². The van der Waals surface area contributed by atoms with Crippen LogP contribution >= 0.6 is 0 Å². The maximum Gasteiger partial charge on any atom is 0.218 e. The van der Waals surface area contributed by atoms with Gasteiger partial charge in [-0.1, -0.05) is 39.0 Å². The third-order valence-corrected chi connectivity index (χ3v) is 2.97. The minimum absolute atomic E-state index is 0.0380. The monoisotopic (exact) mass is 235 g/mol. The van der Waals surface area contributed by atoms with Gasteiger partial charge >= 0.3 is 0 Å². The molecule has 1 unspecified atom stereocenters. The Labute approximate surface area is 103 Å². The molecule has 1 amide bonds. The summed E-state index contributed by atoms with van der Waals surface area (Å²) in [6.07, 6.45) is 0.337. The van der Waals surface area contributed by atoms with Crippen LogP contribution in [-0.4, -0.2) is 13.0 Å². The van der Waals surface area contributed by atoms with E-state index in [1.165, 1.54) is 0 Å². The van der Waals surface area contributed by atoms with Gasteiger partial charge in [-0.15, -0.1) is 0 Å². The molecule has 0 aliphatic carbocycles. The Morgan fingerprint density at radius 1 is 1.35 bits per heavy atom. The largest absolute Gasteiger partial charge is 0.496 e. The summed E-state index contributed by atoms with van der Waals surface area (Å²) in [4.78, 5) is 11.2. The van der Waals surface area contributed by atoms with Gasteiger partial charge in [0.1, 0.15) is 5.75 Å². The molecule has 1 aromatic rings.